The summed E-state index contributed by atoms with van der Waals surface area (Å²) in [6, 6.07) is 2.08. The average Bonchev–Trinajstić information content (AvgIpc) is 3.08. The van der Waals surface area contributed by atoms with Gasteiger partial charge in [0.1, 0.15) is 5.82 Å². The monoisotopic (exact) mass is 310 g/mol. The lowest BCUT2D eigenvalue weighted by molar-refractivity contribution is 0.607. The van der Waals surface area contributed by atoms with Crippen LogP contribution >= 0.6 is 15.9 Å². The fraction of sp³-hybridized carbons (Fsp3) is 0.333. The van der Waals surface area contributed by atoms with Crippen molar-refractivity contribution in [1.82, 2.24) is 20.1 Å². The predicted molar refractivity (Wildman–Crippen MR) is 68.9 cm³/mol. The van der Waals surface area contributed by atoms with Gasteiger partial charge in [0.2, 0.25) is 0 Å². The first-order valence-corrected chi connectivity index (χ1v) is 6.60. The molecule has 6 heteroatoms. The molecule has 0 aromatic carbocycles. The van der Waals surface area contributed by atoms with Gasteiger partial charge in [0, 0.05) is 24.3 Å². The summed E-state index contributed by atoms with van der Waals surface area (Å²) in [6.45, 7) is 0.613. The second-order valence-electron chi connectivity index (χ2n) is 4.39. The largest absolute Gasteiger partial charge is 0.310 e. The molecule has 0 aliphatic heterocycles. The molecule has 2 aromatic rings. The van der Waals surface area contributed by atoms with Crippen LogP contribution in [0.15, 0.2) is 29.1 Å². The molecule has 18 heavy (non-hydrogen) atoms. The van der Waals surface area contributed by atoms with Gasteiger partial charge < -0.3 is 5.32 Å². The minimum atomic E-state index is -0.322. The van der Waals surface area contributed by atoms with Gasteiger partial charge >= 0.3 is 0 Å². The van der Waals surface area contributed by atoms with Crippen molar-refractivity contribution in [2.45, 2.75) is 25.4 Å². The number of halogens is 2. The van der Waals surface area contributed by atoms with Crippen molar-refractivity contribution in [2.24, 2.45) is 0 Å². The molecule has 1 fully saturated rings. The quantitative estimate of drug-likeness (QED) is 0.943. The maximum absolute atomic E-state index is 13.3. The summed E-state index contributed by atoms with van der Waals surface area (Å²) < 4.78 is 15.8. The Hall–Kier alpha value is -1.27. The molecule has 0 unspecified atom stereocenters. The van der Waals surface area contributed by atoms with Gasteiger partial charge in [0.25, 0.3) is 0 Å². The molecule has 0 bridgehead atoms. The van der Waals surface area contributed by atoms with E-state index in [2.05, 4.69) is 31.3 Å². The number of pyridine rings is 1. The van der Waals surface area contributed by atoms with E-state index in [0.717, 1.165) is 10.0 Å². The number of hydrogen-bond acceptors (Lipinski definition) is 3. The molecule has 4 nitrogen and oxygen atoms in total. The molecule has 1 N–H and O–H groups in total. The van der Waals surface area contributed by atoms with Gasteiger partial charge in [0.05, 0.1) is 16.9 Å². The molecule has 0 radical (unpaired) electrons. The van der Waals surface area contributed by atoms with Crippen LogP contribution in [0.2, 0.25) is 0 Å². The zero-order chi connectivity index (χ0) is 12.5. The summed E-state index contributed by atoms with van der Waals surface area (Å²) in [5, 5.41) is 7.53. The summed E-state index contributed by atoms with van der Waals surface area (Å²) >= 11 is 3.34. The number of rotatable bonds is 4. The van der Waals surface area contributed by atoms with E-state index >= 15 is 0 Å². The topological polar surface area (TPSA) is 42.7 Å². The zero-order valence-electron chi connectivity index (χ0n) is 9.61. The first-order valence-electron chi connectivity index (χ1n) is 5.81. The van der Waals surface area contributed by atoms with Crippen LogP contribution in [0.1, 0.15) is 18.4 Å². The van der Waals surface area contributed by atoms with Crippen LogP contribution in [-0.2, 0) is 6.54 Å². The Kier molecular flexibility index (Phi) is 3.13. The Morgan fingerprint density at radius 3 is 2.94 bits per heavy atom. The third kappa shape index (κ3) is 2.59. The van der Waals surface area contributed by atoms with Crippen molar-refractivity contribution in [3.05, 3.63) is 40.5 Å². The van der Waals surface area contributed by atoms with Gasteiger partial charge in [0.15, 0.2) is 5.82 Å². The molecule has 94 valence electrons. The third-order valence-corrected chi connectivity index (χ3v) is 3.25. The Labute approximate surface area is 112 Å². The molecular formula is C12H12BrFN4. The van der Waals surface area contributed by atoms with Gasteiger partial charge in [-0.15, -0.1) is 0 Å². The van der Waals surface area contributed by atoms with Gasteiger partial charge in [-0.05, 0) is 34.8 Å². The molecule has 0 spiro atoms. The normalized spacial score (nSPS) is 15.0. The summed E-state index contributed by atoms with van der Waals surface area (Å²) in [5.74, 6) is 0.341. The van der Waals surface area contributed by atoms with Gasteiger partial charge in [-0.2, -0.15) is 5.10 Å². The predicted octanol–water partition coefficient (Wildman–Crippen LogP) is 2.42. The Morgan fingerprint density at radius 1 is 1.44 bits per heavy atom. The highest BCUT2D eigenvalue weighted by Crippen LogP contribution is 2.21. The number of nitrogens with zero attached hydrogens (tertiary/aromatic N) is 3. The van der Waals surface area contributed by atoms with Gasteiger partial charge in [-0.1, -0.05) is 0 Å². The standard InChI is InChI=1S/C12H12BrFN4/c13-9-5-17-18(7-9)12-8(3-10(14)6-16-12)4-15-11-1-2-11/h3,5-7,11,15H,1-2,4H2. The van der Waals surface area contributed by atoms with E-state index < -0.39 is 0 Å². The van der Waals surface area contributed by atoms with Crippen molar-refractivity contribution < 1.29 is 4.39 Å². The summed E-state index contributed by atoms with van der Waals surface area (Å²) in [5.41, 5.74) is 0.817. The van der Waals surface area contributed by atoms with E-state index in [1.807, 2.05) is 0 Å². The summed E-state index contributed by atoms with van der Waals surface area (Å²) in [4.78, 5) is 4.12. The Morgan fingerprint density at radius 2 is 2.28 bits per heavy atom. The lowest BCUT2D eigenvalue weighted by atomic mass is 10.2. The molecule has 1 aliphatic rings. The molecule has 1 saturated carbocycles. The highest BCUT2D eigenvalue weighted by Gasteiger charge is 2.21. The molecule has 0 amide bonds. The van der Waals surface area contributed by atoms with E-state index in [4.69, 9.17) is 0 Å². The first-order chi connectivity index (χ1) is 8.72. The lowest BCUT2D eigenvalue weighted by Gasteiger charge is -2.09. The second kappa shape index (κ2) is 4.78. The molecular weight excluding hydrogens is 299 g/mol. The molecule has 2 heterocycles. The van der Waals surface area contributed by atoms with Crippen LogP contribution in [0.3, 0.4) is 0 Å². The van der Waals surface area contributed by atoms with Crippen molar-refractivity contribution in [3.8, 4) is 5.82 Å². The third-order valence-electron chi connectivity index (χ3n) is 2.84. The van der Waals surface area contributed by atoms with Crippen LogP contribution in [0.25, 0.3) is 5.82 Å². The first kappa shape index (κ1) is 11.8. The van der Waals surface area contributed by atoms with Crippen LogP contribution in [-0.4, -0.2) is 20.8 Å². The second-order valence-corrected chi connectivity index (χ2v) is 5.31. The molecule has 0 saturated heterocycles. The van der Waals surface area contributed by atoms with Crippen LogP contribution in [0, 0.1) is 5.82 Å². The van der Waals surface area contributed by atoms with E-state index in [9.17, 15) is 4.39 Å². The van der Waals surface area contributed by atoms with Crippen molar-refractivity contribution in [3.63, 3.8) is 0 Å². The zero-order valence-corrected chi connectivity index (χ0v) is 11.2. The van der Waals surface area contributed by atoms with Crippen LogP contribution in [0.5, 0.6) is 0 Å². The van der Waals surface area contributed by atoms with Crippen molar-refractivity contribution in [2.75, 3.05) is 0 Å². The van der Waals surface area contributed by atoms with Gasteiger partial charge in [-0.3, -0.25) is 0 Å². The van der Waals surface area contributed by atoms with Crippen LogP contribution in [0.4, 0.5) is 4.39 Å². The van der Waals surface area contributed by atoms with Crippen molar-refractivity contribution in [1.29, 1.82) is 0 Å². The Bertz CT molecular complexity index is 565. The number of nitrogens with one attached hydrogen (secondary N) is 1. The smallest absolute Gasteiger partial charge is 0.158 e. The average molecular weight is 311 g/mol. The molecule has 3 rings (SSSR count). The van der Waals surface area contributed by atoms with Crippen molar-refractivity contribution >= 4 is 15.9 Å². The number of hydrogen-bond donors (Lipinski definition) is 1. The molecule has 2 aromatic heterocycles. The van der Waals surface area contributed by atoms with E-state index in [1.165, 1.54) is 25.1 Å². The Balaban J connectivity index is 1.91. The minimum absolute atomic E-state index is 0.322. The fourth-order valence-corrected chi connectivity index (χ4v) is 2.05. The van der Waals surface area contributed by atoms with E-state index in [-0.39, 0.29) is 5.82 Å². The van der Waals surface area contributed by atoms with Gasteiger partial charge in [-0.25, -0.2) is 14.1 Å². The molecule has 1 aliphatic carbocycles. The fourth-order valence-electron chi connectivity index (χ4n) is 1.77. The van der Waals surface area contributed by atoms with E-state index in [1.54, 1.807) is 17.1 Å². The highest BCUT2D eigenvalue weighted by molar-refractivity contribution is 9.10. The SMILES string of the molecule is Fc1cnc(-n2cc(Br)cn2)c(CNC2CC2)c1. The summed E-state index contributed by atoms with van der Waals surface area (Å²) in [6.07, 6.45) is 7.10. The maximum atomic E-state index is 13.3. The number of aromatic nitrogens is 3. The lowest BCUT2D eigenvalue weighted by Crippen LogP contribution is -2.18. The maximum Gasteiger partial charge on any atom is 0.158 e. The highest BCUT2D eigenvalue weighted by atomic mass is 79.9. The van der Waals surface area contributed by atoms with E-state index in [0.29, 0.717) is 18.4 Å². The summed E-state index contributed by atoms with van der Waals surface area (Å²) in [7, 11) is 0. The molecule has 0 atom stereocenters. The van der Waals surface area contributed by atoms with Crippen LogP contribution < -0.4 is 5.32 Å². The minimum Gasteiger partial charge on any atom is -0.310 e.